The van der Waals surface area contributed by atoms with Gasteiger partial charge in [0, 0.05) is 5.02 Å². The number of hydrogen-bond acceptors (Lipinski definition) is 1. The number of rotatable bonds is 3. The molecule has 1 atom stereocenters. The maximum Gasteiger partial charge on any atom is 0.123 e. The normalized spacial score (nSPS) is 12.5. The second-order valence-corrected chi connectivity index (χ2v) is 5.28. The molecular weight excluding hydrogens is 261 g/mol. The lowest BCUT2D eigenvalue weighted by Crippen LogP contribution is -2.18. The monoisotopic (exact) mass is 277 g/mol. The van der Waals surface area contributed by atoms with Crippen molar-refractivity contribution in [1.29, 1.82) is 0 Å². The van der Waals surface area contributed by atoms with Gasteiger partial charge in [0.2, 0.25) is 0 Å². The molecule has 0 bridgehead atoms. The molecule has 100 valence electrons. The molecule has 0 saturated carbocycles. The third kappa shape index (κ3) is 3.34. The molecule has 19 heavy (non-hydrogen) atoms. The summed E-state index contributed by atoms with van der Waals surface area (Å²) >= 11 is 6.10. The van der Waals surface area contributed by atoms with Crippen LogP contribution in [0.5, 0.6) is 0 Å². The van der Waals surface area contributed by atoms with E-state index in [4.69, 9.17) is 11.6 Å². The number of nitrogens with one attached hydrogen (secondary N) is 1. The summed E-state index contributed by atoms with van der Waals surface area (Å²) in [5, 5.41) is 3.92. The summed E-state index contributed by atoms with van der Waals surface area (Å²) in [6.07, 6.45) is 0. The third-order valence-corrected chi connectivity index (χ3v) is 3.30. The van der Waals surface area contributed by atoms with Crippen molar-refractivity contribution in [2.45, 2.75) is 19.9 Å². The Morgan fingerprint density at radius 3 is 2.05 bits per heavy atom. The van der Waals surface area contributed by atoms with Crippen LogP contribution in [0, 0.1) is 19.7 Å². The first kappa shape index (κ1) is 14.0. The van der Waals surface area contributed by atoms with Gasteiger partial charge in [-0.25, -0.2) is 4.39 Å². The van der Waals surface area contributed by atoms with E-state index in [1.807, 2.05) is 39.1 Å². The lowest BCUT2D eigenvalue weighted by Gasteiger charge is -2.19. The molecular formula is C16H17ClFN. The van der Waals surface area contributed by atoms with E-state index < -0.39 is 0 Å². The number of aryl methyl sites for hydroxylation is 2. The van der Waals surface area contributed by atoms with E-state index in [2.05, 4.69) is 11.4 Å². The van der Waals surface area contributed by atoms with Crippen LogP contribution in [0.25, 0.3) is 0 Å². The molecule has 2 rings (SSSR count). The van der Waals surface area contributed by atoms with Crippen molar-refractivity contribution in [2.24, 2.45) is 0 Å². The lowest BCUT2D eigenvalue weighted by molar-refractivity contribution is 0.615. The van der Waals surface area contributed by atoms with Crippen molar-refractivity contribution in [3.63, 3.8) is 0 Å². The van der Waals surface area contributed by atoms with Crippen LogP contribution in [0.15, 0.2) is 36.4 Å². The van der Waals surface area contributed by atoms with E-state index in [1.54, 1.807) is 6.07 Å². The van der Waals surface area contributed by atoms with E-state index in [9.17, 15) is 4.39 Å². The molecule has 0 aromatic heterocycles. The third-order valence-electron chi connectivity index (χ3n) is 3.08. The van der Waals surface area contributed by atoms with Crippen LogP contribution in [0.2, 0.25) is 5.02 Å². The number of benzene rings is 2. The minimum atomic E-state index is -0.214. The topological polar surface area (TPSA) is 12.0 Å². The molecule has 1 nitrogen and oxygen atoms in total. The molecule has 3 heteroatoms. The van der Waals surface area contributed by atoms with E-state index in [0.717, 1.165) is 22.3 Å². The first-order valence-corrected chi connectivity index (χ1v) is 6.59. The first-order chi connectivity index (χ1) is 8.99. The number of halogens is 2. The Kier molecular flexibility index (Phi) is 4.23. The highest BCUT2D eigenvalue weighted by Crippen LogP contribution is 2.26. The van der Waals surface area contributed by atoms with Gasteiger partial charge in [-0.15, -0.1) is 0 Å². The minimum Gasteiger partial charge on any atom is -0.309 e. The zero-order valence-corrected chi connectivity index (χ0v) is 12.1. The van der Waals surface area contributed by atoms with Gasteiger partial charge in [0.25, 0.3) is 0 Å². The molecule has 1 N–H and O–H groups in total. The summed E-state index contributed by atoms with van der Waals surface area (Å²) in [4.78, 5) is 0. The second kappa shape index (κ2) is 5.72. The largest absolute Gasteiger partial charge is 0.309 e. The van der Waals surface area contributed by atoms with Gasteiger partial charge < -0.3 is 5.32 Å². The number of hydrogen-bond donors (Lipinski definition) is 1. The van der Waals surface area contributed by atoms with Crippen molar-refractivity contribution in [3.8, 4) is 0 Å². The van der Waals surface area contributed by atoms with Crippen LogP contribution in [0.4, 0.5) is 4.39 Å². The fraction of sp³-hybridized carbons (Fsp3) is 0.250. The van der Waals surface area contributed by atoms with Crippen molar-refractivity contribution in [1.82, 2.24) is 5.32 Å². The Labute approximate surface area is 118 Å². The average molecular weight is 278 g/mol. The summed E-state index contributed by atoms with van der Waals surface area (Å²) in [6.45, 7) is 3.89. The smallest absolute Gasteiger partial charge is 0.123 e. The second-order valence-electron chi connectivity index (χ2n) is 4.85. The van der Waals surface area contributed by atoms with Crippen LogP contribution >= 0.6 is 11.6 Å². The minimum absolute atomic E-state index is 0.0631. The van der Waals surface area contributed by atoms with E-state index in [1.165, 1.54) is 6.07 Å². The Morgan fingerprint density at radius 1 is 0.947 bits per heavy atom. The first-order valence-electron chi connectivity index (χ1n) is 6.21. The Balaban J connectivity index is 2.49. The van der Waals surface area contributed by atoms with Crippen LogP contribution < -0.4 is 5.32 Å². The molecule has 0 aliphatic heterocycles. The van der Waals surface area contributed by atoms with Gasteiger partial charge in [-0.1, -0.05) is 23.7 Å². The van der Waals surface area contributed by atoms with Gasteiger partial charge in [-0.3, -0.25) is 0 Å². The summed E-state index contributed by atoms with van der Waals surface area (Å²) in [5.74, 6) is -0.214. The van der Waals surface area contributed by atoms with Gasteiger partial charge in [0.1, 0.15) is 5.82 Å². The predicted octanol–water partition coefficient (Wildman–Crippen LogP) is 4.40. The maximum atomic E-state index is 13.5. The Bertz CT molecular complexity index is 503. The maximum absolute atomic E-state index is 13.5. The molecule has 0 spiro atoms. The predicted molar refractivity (Wildman–Crippen MR) is 78.2 cm³/mol. The van der Waals surface area contributed by atoms with Crippen molar-refractivity contribution < 1.29 is 4.39 Å². The van der Waals surface area contributed by atoms with Crippen LogP contribution in [0.3, 0.4) is 0 Å². The highest BCUT2D eigenvalue weighted by molar-refractivity contribution is 6.30. The van der Waals surface area contributed by atoms with E-state index in [-0.39, 0.29) is 11.9 Å². The fourth-order valence-corrected chi connectivity index (χ4v) is 2.69. The van der Waals surface area contributed by atoms with Crippen LogP contribution in [-0.4, -0.2) is 7.05 Å². The summed E-state index contributed by atoms with van der Waals surface area (Å²) in [6, 6.07) is 10.9. The SMILES string of the molecule is CNC(c1cc(C)cc(F)c1)c1cc(C)cc(Cl)c1. The Hall–Kier alpha value is -1.38. The molecule has 0 radical (unpaired) electrons. The molecule has 0 heterocycles. The molecule has 1 unspecified atom stereocenters. The summed E-state index contributed by atoms with van der Waals surface area (Å²) in [5.41, 5.74) is 3.95. The van der Waals surface area contributed by atoms with Gasteiger partial charge in [0.15, 0.2) is 0 Å². The van der Waals surface area contributed by atoms with Crippen molar-refractivity contribution in [3.05, 3.63) is 69.5 Å². The van der Waals surface area contributed by atoms with Gasteiger partial charge in [-0.05, 0) is 67.4 Å². The van der Waals surface area contributed by atoms with E-state index >= 15 is 0 Å². The van der Waals surface area contributed by atoms with Crippen LogP contribution in [0.1, 0.15) is 28.3 Å². The highest BCUT2D eigenvalue weighted by Gasteiger charge is 2.14. The van der Waals surface area contributed by atoms with Crippen molar-refractivity contribution in [2.75, 3.05) is 7.05 Å². The zero-order valence-electron chi connectivity index (χ0n) is 11.3. The quantitative estimate of drug-likeness (QED) is 0.876. The molecule has 0 aliphatic carbocycles. The fourth-order valence-electron chi connectivity index (χ4n) is 2.39. The standard InChI is InChI=1S/C16H17ClFN/c1-10-4-12(8-14(17)6-10)16(19-3)13-5-11(2)7-15(18)9-13/h4-9,16,19H,1-3H3. The zero-order chi connectivity index (χ0) is 14.0. The average Bonchev–Trinajstić information content (AvgIpc) is 2.27. The summed E-state index contributed by atoms with van der Waals surface area (Å²) in [7, 11) is 1.86. The van der Waals surface area contributed by atoms with Gasteiger partial charge in [-0.2, -0.15) is 0 Å². The Morgan fingerprint density at radius 2 is 1.53 bits per heavy atom. The van der Waals surface area contributed by atoms with E-state index in [0.29, 0.717) is 5.02 Å². The van der Waals surface area contributed by atoms with Crippen LogP contribution in [-0.2, 0) is 0 Å². The molecule has 2 aromatic carbocycles. The summed E-state index contributed by atoms with van der Waals surface area (Å²) < 4.78 is 13.5. The lowest BCUT2D eigenvalue weighted by atomic mass is 9.96. The van der Waals surface area contributed by atoms with Gasteiger partial charge >= 0.3 is 0 Å². The molecule has 0 amide bonds. The van der Waals surface area contributed by atoms with Gasteiger partial charge in [0.05, 0.1) is 6.04 Å². The molecule has 0 aliphatic rings. The molecule has 0 saturated heterocycles. The highest BCUT2D eigenvalue weighted by atomic mass is 35.5. The van der Waals surface area contributed by atoms with Crippen molar-refractivity contribution >= 4 is 11.6 Å². The molecule has 0 fully saturated rings. The molecule has 2 aromatic rings.